The Kier molecular flexibility index (Phi) is 6.93. The average molecular weight is 539 g/mol. The molecule has 1 aromatic heterocycles. The van der Waals surface area contributed by atoms with E-state index in [1.54, 1.807) is 36.4 Å². The molecule has 36 heavy (non-hydrogen) atoms. The van der Waals surface area contributed by atoms with Crippen molar-refractivity contribution >= 4 is 63.1 Å². The van der Waals surface area contributed by atoms with Crippen LogP contribution in [0.1, 0.15) is 29.2 Å². The number of nitrogens with zero attached hydrogens (tertiary/aromatic N) is 2. The molecule has 0 N–H and O–H groups in total. The Balaban J connectivity index is 1.50. The lowest BCUT2D eigenvalue weighted by Crippen LogP contribution is -2.27. The molecular weight excluding hydrogens is 518 g/mol. The molecule has 1 aliphatic heterocycles. The van der Waals surface area contributed by atoms with Gasteiger partial charge in [0.2, 0.25) is 0 Å². The number of hydrogen-bond donors (Lipinski definition) is 0. The minimum absolute atomic E-state index is 0.0737. The number of carbonyl (C=O) groups is 2. The number of fused-ring (bicyclic) bond motifs is 1. The van der Waals surface area contributed by atoms with Crippen molar-refractivity contribution in [2.24, 2.45) is 0 Å². The van der Waals surface area contributed by atoms with Crippen molar-refractivity contribution in [3.63, 3.8) is 0 Å². The Hall–Kier alpha value is -3.06. The maximum absolute atomic E-state index is 13.4. The molecule has 5 rings (SSSR count). The zero-order valence-corrected chi connectivity index (χ0v) is 21.6. The van der Waals surface area contributed by atoms with Crippen LogP contribution in [0, 0.1) is 5.82 Å². The van der Waals surface area contributed by atoms with Crippen LogP contribution in [-0.4, -0.2) is 20.6 Å². The molecule has 2 heterocycles. The summed E-state index contributed by atoms with van der Waals surface area (Å²) in [5.41, 5.74) is 4.68. The van der Waals surface area contributed by atoms with Crippen LogP contribution in [-0.2, 0) is 24.3 Å². The number of aromatic nitrogens is 1. The first-order chi connectivity index (χ1) is 17.3. The van der Waals surface area contributed by atoms with Crippen molar-refractivity contribution < 1.29 is 14.0 Å². The number of para-hydroxylation sites is 1. The van der Waals surface area contributed by atoms with E-state index in [-0.39, 0.29) is 23.5 Å². The van der Waals surface area contributed by atoms with Crippen LogP contribution >= 0.6 is 35.0 Å². The molecule has 0 spiro atoms. The summed E-state index contributed by atoms with van der Waals surface area (Å²) in [6.07, 6.45) is 4.59. The summed E-state index contributed by atoms with van der Waals surface area (Å²) < 4.78 is 15.5. The van der Waals surface area contributed by atoms with Crippen molar-refractivity contribution in [2.75, 3.05) is 0 Å². The van der Waals surface area contributed by atoms with Crippen LogP contribution in [0.2, 0.25) is 10.0 Å². The summed E-state index contributed by atoms with van der Waals surface area (Å²) in [5, 5.41) is 1.54. The number of thioether (sulfide) groups is 1. The highest BCUT2D eigenvalue weighted by atomic mass is 35.5. The van der Waals surface area contributed by atoms with E-state index in [9.17, 15) is 14.0 Å². The van der Waals surface area contributed by atoms with Gasteiger partial charge in [0.15, 0.2) is 0 Å². The molecule has 0 aliphatic carbocycles. The quantitative estimate of drug-likeness (QED) is 0.234. The Morgan fingerprint density at radius 3 is 2.47 bits per heavy atom. The van der Waals surface area contributed by atoms with Crippen LogP contribution in [0.25, 0.3) is 17.0 Å². The Morgan fingerprint density at radius 2 is 1.75 bits per heavy atom. The molecule has 1 saturated heterocycles. The van der Waals surface area contributed by atoms with Crippen molar-refractivity contribution in [3.8, 4) is 0 Å². The first-order valence-corrected chi connectivity index (χ1v) is 13.0. The van der Waals surface area contributed by atoms with E-state index < -0.39 is 0 Å². The van der Waals surface area contributed by atoms with Crippen LogP contribution in [0.3, 0.4) is 0 Å². The van der Waals surface area contributed by atoms with Crippen LogP contribution in [0.5, 0.6) is 0 Å². The van der Waals surface area contributed by atoms with Crippen molar-refractivity contribution in [1.29, 1.82) is 0 Å². The van der Waals surface area contributed by atoms with Gasteiger partial charge in [-0.1, -0.05) is 66.5 Å². The lowest BCUT2D eigenvalue weighted by molar-refractivity contribution is -0.123. The summed E-state index contributed by atoms with van der Waals surface area (Å²) in [5.74, 6) is -0.635. The van der Waals surface area contributed by atoms with E-state index in [0.717, 1.165) is 40.2 Å². The zero-order valence-electron chi connectivity index (χ0n) is 19.3. The molecule has 1 aliphatic rings. The highest BCUT2D eigenvalue weighted by Crippen LogP contribution is 2.36. The third kappa shape index (κ3) is 4.81. The fourth-order valence-electron chi connectivity index (χ4n) is 4.37. The van der Waals surface area contributed by atoms with Gasteiger partial charge in [-0.2, -0.15) is 0 Å². The minimum atomic E-state index is -0.359. The molecule has 4 aromatic rings. The van der Waals surface area contributed by atoms with E-state index in [4.69, 9.17) is 23.2 Å². The fraction of sp³-hybridized carbons (Fsp3) is 0.143. The van der Waals surface area contributed by atoms with Crippen LogP contribution < -0.4 is 0 Å². The third-order valence-corrected chi connectivity index (χ3v) is 7.66. The van der Waals surface area contributed by atoms with Gasteiger partial charge < -0.3 is 4.57 Å². The smallest absolute Gasteiger partial charge is 0.293 e. The molecule has 4 nitrogen and oxygen atoms in total. The monoisotopic (exact) mass is 538 g/mol. The summed E-state index contributed by atoms with van der Waals surface area (Å²) in [7, 11) is 0. The molecule has 8 heteroatoms. The van der Waals surface area contributed by atoms with Gasteiger partial charge in [0.25, 0.3) is 11.1 Å². The first-order valence-electron chi connectivity index (χ1n) is 11.4. The van der Waals surface area contributed by atoms with Crippen molar-refractivity contribution in [1.82, 2.24) is 9.47 Å². The van der Waals surface area contributed by atoms with Gasteiger partial charge in [0, 0.05) is 33.7 Å². The molecular formula is C28H21Cl2FN2O2S. The number of amides is 2. The molecule has 0 atom stereocenters. The number of benzene rings is 3. The number of hydrogen-bond acceptors (Lipinski definition) is 3. The maximum Gasteiger partial charge on any atom is 0.293 e. The van der Waals surface area contributed by atoms with E-state index in [0.29, 0.717) is 27.1 Å². The normalized spacial score (nSPS) is 15.0. The lowest BCUT2D eigenvalue weighted by Gasteiger charge is -2.13. The Labute approximate surface area is 222 Å². The second kappa shape index (κ2) is 10.1. The van der Waals surface area contributed by atoms with E-state index >= 15 is 0 Å². The number of imide groups is 1. The van der Waals surface area contributed by atoms with E-state index in [2.05, 4.69) is 17.6 Å². The third-order valence-electron chi connectivity index (χ3n) is 6.16. The number of aryl methyl sites for hydroxylation is 1. The second-order valence-corrected chi connectivity index (χ2v) is 10.3. The first kappa shape index (κ1) is 24.6. The Morgan fingerprint density at radius 1 is 0.972 bits per heavy atom. The van der Waals surface area contributed by atoms with Crippen LogP contribution in [0.4, 0.5) is 9.18 Å². The lowest BCUT2D eigenvalue weighted by atomic mass is 10.1. The molecule has 0 radical (unpaired) electrons. The Bertz CT molecular complexity index is 1530. The zero-order chi connectivity index (χ0) is 25.4. The topological polar surface area (TPSA) is 42.3 Å². The standard InChI is InChI=1S/C28H21Cl2FN2O2S/c1-2-18-4-3-5-23-20(15-32(26(18)23)14-17-6-10-22(31)11-7-17)12-25-27(34)33(28(35)36-25)16-19-8-9-21(29)13-24(19)30/h3-13,15H,2,14,16H2,1H3/b25-12-. The molecule has 1 fully saturated rings. The van der Waals surface area contributed by atoms with Gasteiger partial charge in [-0.05, 0) is 65.2 Å². The predicted octanol–water partition coefficient (Wildman–Crippen LogP) is 7.93. The fourth-order valence-corrected chi connectivity index (χ4v) is 5.67. The molecule has 0 saturated carbocycles. The largest absolute Gasteiger partial charge is 0.342 e. The van der Waals surface area contributed by atoms with Crippen molar-refractivity contribution in [3.05, 3.63) is 110 Å². The number of rotatable bonds is 6. The summed E-state index contributed by atoms with van der Waals surface area (Å²) in [4.78, 5) is 27.5. The van der Waals surface area contributed by atoms with E-state index in [1.165, 1.54) is 22.6 Å². The molecule has 0 unspecified atom stereocenters. The molecule has 0 bridgehead atoms. The van der Waals surface area contributed by atoms with Gasteiger partial charge in [0.05, 0.1) is 17.0 Å². The second-order valence-electron chi connectivity index (χ2n) is 8.51. The predicted molar refractivity (Wildman–Crippen MR) is 145 cm³/mol. The van der Waals surface area contributed by atoms with Crippen LogP contribution in [0.15, 0.2) is 71.8 Å². The number of carbonyl (C=O) groups excluding carboxylic acids is 2. The van der Waals surface area contributed by atoms with Gasteiger partial charge >= 0.3 is 0 Å². The highest BCUT2D eigenvalue weighted by molar-refractivity contribution is 8.18. The van der Waals surface area contributed by atoms with Gasteiger partial charge in [-0.15, -0.1) is 0 Å². The van der Waals surface area contributed by atoms with Gasteiger partial charge in [0.1, 0.15) is 5.82 Å². The average Bonchev–Trinajstić information content (AvgIpc) is 3.33. The highest BCUT2D eigenvalue weighted by Gasteiger charge is 2.35. The van der Waals surface area contributed by atoms with Gasteiger partial charge in [-0.25, -0.2) is 4.39 Å². The van der Waals surface area contributed by atoms with E-state index in [1.807, 2.05) is 18.3 Å². The maximum atomic E-state index is 13.4. The summed E-state index contributed by atoms with van der Waals surface area (Å²) in [6, 6.07) is 17.5. The number of halogens is 3. The molecule has 182 valence electrons. The minimum Gasteiger partial charge on any atom is -0.342 e. The summed E-state index contributed by atoms with van der Waals surface area (Å²) >= 11 is 13.1. The molecule has 3 aromatic carbocycles. The van der Waals surface area contributed by atoms with Crippen molar-refractivity contribution in [2.45, 2.75) is 26.4 Å². The summed E-state index contributed by atoms with van der Waals surface area (Å²) in [6.45, 7) is 2.72. The SMILES string of the molecule is CCc1cccc2c(/C=C3\SC(=O)N(Cc4ccc(Cl)cc4Cl)C3=O)cn(Cc3ccc(F)cc3)c12. The van der Waals surface area contributed by atoms with Gasteiger partial charge in [-0.3, -0.25) is 14.5 Å². The molecule has 2 amide bonds.